The summed E-state index contributed by atoms with van der Waals surface area (Å²) in [6.45, 7) is 0. The van der Waals surface area contributed by atoms with Gasteiger partial charge in [0, 0.05) is 11.6 Å². The van der Waals surface area contributed by atoms with Gasteiger partial charge in [0.15, 0.2) is 0 Å². The number of amides is 1. The number of pyridine rings is 1. The summed E-state index contributed by atoms with van der Waals surface area (Å²) < 4.78 is 43.1. The van der Waals surface area contributed by atoms with Gasteiger partial charge in [-0.2, -0.15) is 0 Å². The van der Waals surface area contributed by atoms with Crippen LogP contribution in [0.1, 0.15) is 34.8 Å². The Bertz CT molecular complexity index is 1470. The molecule has 1 atom stereocenters. The molecule has 0 bridgehead atoms. The van der Waals surface area contributed by atoms with Gasteiger partial charge in [0.2, 0.25) is 0 Å². The van der Waals surface area contributed by atoms with Gasteiger partial charge in [-0.05, 0) is 54.7 Å². The minimum absolute atomic E-state index is 0.00515. The fraction of sp³-hybridized carbons (Fsp3) is 0.154. The van der Waals surface area contributed by atoms with Crippen molar-refractivity contribution in [2.75, 3.05) is 4.72 Å². The van der Waals surface area contributed by atoms with Crippen LogP contribution >= 0.6 is 0 Å². The van der Waals surface area contributed by atoms with Crippen LogP contribution in [0.15, 0.2) is 90.0 Å². The minimum Gasteiger partial charge on any atom is -0.345 e. The van der Waals surface area contributed by atoms with Gasteiger partial charge in [-0.3, -0.25) is 14.5 Å². The molecule has 1 fully saturated rings. The third-order valence-electron chi connectivity index (χ3n) is 5.89. The zero-order chi connectivity index (χ0) is 23.7. The van der Waals surface area contributed by atoms with E-state index in [1.807, 2.05) is 30.3 Å². The molecule has 5 rings (SSSR count). The zero-order valence-corrected chi connectivity index (χ0v) is 18.9. The zero-order valence-electron chi connectivity index (χ0n) is 18.1. The highest BCUT2D eigenvalue weighted by atomic mass is 32.2. The number of para-hydroxylation sites is 1. The predicted octanol–water partition coefficient (Wildman–Crippen LogP) is 5.06. The monoisotopic (exact) mass is 475 g/mol. The van der Waals surface area contributed by atoms with Crippen molar-refractivity contribution >= 4 is 32.5 Å². The molecule has 1 aromatic heterocycles. The van der Waals surface area contributed by atoms with E-state index in [0.29, 0.717) is 16.8 Å². The molecular weight excluding hydrogens is 453 g/mol. The molecule has 1 aliphatic rings. The largest absolute Gasteiger partial charge is 0.345 e. The minimum atomic E-state index is -4.11. The third-order valence-corrected chi connectivity index (χ3v) is 7.29. The van der Waals surface area contributed by atoms with Crippen molar-refractivity contribution < 1.29 is 17.6 Å². The molecule has 1 aliphatic carbocycles. The number of carbonyl (C=O) groups is 1. The summed E-state index contributed by atoms with van der Waals surface area (Å²) in [5, 5.41) is 3.65. The normalized spacial score (nSPS) is 14.5. The van der Waals surface area contributed by atoms with Crippen molar-refractivity contribution in [3.05, 3.63) is 102 Å². The summed E-state index contributed by atoms with van der Waals surface area (Å²) in [5.41, 5.74) is 1.18. The van der Waals surface area contributed by atoms with E-state index in [9.17, 15) is 17.6 Å². The molecule has 6 nitrogen and oxygen atoms in total. The Hall–Kier alpha value is -3.78. The summed E-state index contributed by atoms with van der Waals surface area (Å²) in [4.78, 5) is 17.4. The molecule has 0 aliphatic heterocycles. The number of carbonyl (C=O) groups excluding carboxylic acids is 1. The van der Waals surface area contributed by atoms with Crippen LogP contribution in [0.5, 0.6) is 0 Å². The van der Waals surface area contributed by atoms with E-state index in [1.54, 1.807) is 24.3 Å². The lowest BCUT2D eigenvalue weighted by molar-refractivity contribution is 0.0932. The van der Waals surface area contributed by atoms with Crippen LogP contribution in [0, 0.1) is 11.7 Å². The molecule has 34 heavy (non-hydrogen) atoms. The van der Waals surface area contributed by atoms with Gasteiger partial charge in [-0.1, -0.05) is 48.5 Å². The fourth-order valence-electron chi connectivity index (χ4n) is 4.07. The first-order valence-electron chi connectivity index (χ1n) is 10.9. The summed E-state index contributed by atoms with van der Waals surface area (Å²) >= 11 is 0. The van der Waals surface area contributed by atoms with Crippen molar-refractivity contribution in [1.29, 1.82) is 0 Å². The quantitative estimate of drug-likeness (QED) is 0.391. The number of hydrogen-bond donors (Lipinski definition) is 2. The Morgan fingerprint density at radius 1 is 0.971 bits per heavy atom. The Balaban J connectivity index is 1.47. The summed E-state index contributed by atoms with van der Waals surface area (Å²) in [6, 6.07) is 21.1. The second-order valence-electron chi connectivity index (χ2n) is 8.33. The topological polar surface area (TPSA) is 88.2 Å². The number of sulfonamides is 1. The number of halogens is 1. The molecule has 0 radical (unpaired) electrons. The molecule has 3 aromatic carbocycles. The SMILES string of the molecule is O=C(NC(c1ccccc1)C1CC1)c1cc(F)ccc1NS(=O)(=O)c1cccc2cccnc12. The number of benzene rings is 3. The average molecular weight is 476 g/mol. The van der Waals surface area contributed by atoms with E-state index in [0.717, 1.165) is 30.5 Å². The second-order valence-corrected chi connectivity index (χ2v) is 9.98. The molecule has 0 spiro atoms. The van der Waals surface area contributed by atoms with Crippen LogP contribution in [-0.4, -0.2) is 19.3 Å². The standard InChI is InChI=1S/C26H22FN3O3S/c27-20-13-14-22(30-34(32,33)23-10-4-8-18-9-5-15-28-25(18)23)21(16-20)26(31)29-24(19-11-12-19)17-6-2-1-3-7-17/h1-10,13-16,19,24,30H,11-12H2,(H,29,31). The highest BCUT2D eigenvalue weighted by Gasteiger charge is 2.34. The molecule has 8 heteroatoms. The molecule has 172 valence electrons. The van der Waals surface area contributed by atoms with E-state index in [4.69, 9.17) is 0 Å². The van der Waals surface area contributed by atoms with Crippen LogP contribution in [0.4, 0.5) is 10.1 Å². The van der Waals surface area contributed by atoms with Gasteiger partial charge in [-0.15, -0.1) is 0 Å². The Morgan fingerprint density at radius 2 is 1.74 bits per heavy atom. The molecular formula is C26H22FN3O3S. The lowest BCUT2D eigenvalue weighted by atomic mass is 10.0. The van der Waals surface area contributed by atoms with Gasteiger partial charge in [0.05, 0.1) is 22.8 Å². The number of fused-ring (bicyclic) bond motifs is 1. The molecule has 1 saturated carbocycles. The van der Waals surface area contributed by atoms with Gasteiger partial charge < -0.3 is 5.32 Å². The van der Waals surface area contributed by atoms with Crippen LogP contribution in [0.3, 0.4) is 0 Å². The first-order chi connectivity index (χ1) is 16.4. The summed E-state index contributed by atoms with van der Waals surface area (Å²) in [6.07, 6.45) is 3.48. The number of anilines is 1. The molecule has 2 N–H and O–H groups in total. The smallest absolute Gasteiger partial charge is 0.264 e. The number of nitrogens with one attached hydrogen (secondary N) is 2. The van der Waals surface area contributed by atoms with E-state index in [1.165, 1.54) is 18.3 Å². The number of hydrogen-bond acceptors (Lipinski definition) is 4. The Labute approximate surface area is 196 Å². The van der Waals surface area contributed by atoms with Crippen molar-refractivity contribution in [3.8, 4) is 0 Å². The lowest BCUT2D eigenvalue weighted by Crippen LogP contribution is -2.31. The molecule has 0 saturated heterocycles. The van der Waals surface area contributed by atoms with Crippen LogP contribution < -0.4 is 10.0 Å². The van der Waals surface area contributed by atoms with Crippen LogP contribution in [0.2, 0.25) is 0 Å². The lowest BCUT2D eigenvalue weighted by Gasteiger charge is -2.20. The van der Waals surface area contributed by atoms with Crippen molar-refractivity contribution in [2.45, 2.75) is 23.8 Å². The first-order valence-corrected chi connectivity index (χ1v) is 12.4. The van der Waals surface area contributed by atoms with Gasteiger partial charge >= 0.3 is 0 Å². The number of nitrogens with zero attached hydrogens (tertiary/aromatic N) is 1. The molecule has 1 amide bonds. The number of aromatic nitrogens is 1. The van der Waals surface area contributed by atoms with Crippen LogP contribution in [-0.2, 0) is 10.0 Å². The Kier molecular flexibility index (Phi) is 5.75. The van der Waals surface area contributed by atoms with E-state index < -0.39 is 21.7 Å². The maximum Gasteiger partial charge on any atom is 0.264 e. The summed E-state index contributed by atoms with van der Waals surface area (Å²) in [7, 11) is -4.11. The van der Waals surface area contributed by atoms with Crippen molar-refractivity contribution in [3.63, 3.8) is 0 Å². The maximum atomic E-state index is 14.1. The average Bonchev–Trinajstić information content (AvgIpc) is 3.69. The van der Waals surface area contributed by atoms with Crippen LogP contribution in [0.25, 0.3) is 10.9 Å². The third kappa shape index (κ3) is 4.49. The van der Waals surface area contributed by atoms with E-state index in [2.05, 4.69) is 15.0 Å². The van der Waals surface area contributed by atoms with Crippen molar-refractivity contribution in [1.82, 2.24) is 10.3 Å². The van der Waals surface area contributed by atoms with Gasteiger partial charge in [0.25, 0.3) is 15.9 Å². The first kappa shape index (κ1) is 22.0. The predicted molar refractivity (Wildman–Crippen MR) is 128 cm³/mol. The van der Waals surface area contributed by atoms with E-state index >= 15 is 0 Å². The van der Waals surface area contributed by atoms with E-state index in [-0.39, 0.29) is 22.2 Å². The second kappa shape index (κ2) is 8.87. The highest BCUT2D eigenvalue weighted by molar-refractivity contribution is 7.93. The molecule has 4 aromatic rings. The van der Waals surface area contributed by atoms with Gasteiger partial charge in [0.1, 0.15) is 10.7 Å². The molecule has 1 unspecified atom stereocenters. The Morgan fingerprint density at radius 3 is 2.50 bits per heavy atom. The summed E-state index contributed by atoms with van der Waals surface area (Å²) in [5.74, 6) is -0.890. The number of rotatable bonds is 7. The van der Waals surface area contributed by atoms with Crippen molar-refractivity contribution in [2.24, 2.45) is 5.92 Å². The van der Waals surface area contributed by atoms with Gasteiger partial charge in [-0.25, -0.2) is 12.8 Å². The highest BCUT2D eigenvalue weighted by Crippen LogP contribution is 2.41. The fourth-order valence-corrected chi connectivity index (χ4v) is 5.33. The molecule has 1 heterocycles. The maximum absolute atomic E-state index is 14.1.